The second-order valence-corrected chi connectivity index (χ2v) is 6.27. The van der Waals surface area contributed by atoms with E-state index in [9.17, 15) is 9.59 Å². The highest BCUT2D eigenvalue weighted by atomic mass is 16.5. The maximum atomic E-state index is 12.5. The van der Waals surface area contributed by atoms with Gasteiger partial charge < -0.3 is 9.47 Å². The molecule has 128 valence electrons. The summed E-state index contributed by atoms with van der Waals surface area (Å²) in [6.45, 7) is 5.64. The average molecular weight is 336 g/mol. The monoisotopic (exact) mass is 336 g/mol. The molecule has 0 bridgehead atoms. The van der Waals surface area contributed by atoms with E-state index < -0.39 is 5.97 Å². The Labute approximate surface area is 147 Å². The molecule has 0 aliphatic carbocycles. The highest BCUT2D eigenvalue weighted by Crippen LogP contribution is 2.26. The summed E-state index contributed by atoms with van der Waals surface area (Å²) >= 11 is 0. The lowest BCUT2D eigenvalue weighted by Gasteiger charge is -2.17. The quantitative estimate of drug-likeness (QED) is 0.629. The van der Waals surface area contributed by atoms with E-state index in [0.29, 0.717) is 11.1 Å². The van der Waals surface area contributed by atoms with Crippen LogP contribution in [0.2, 0.25) is 0 Å². The maximum Gasteiger partial charge on any atom is 0.337 e. The summed E-state index contributed by atoms with van der Waals surface area (Å²) in [5.41, 5.74) is 4.76. The van der Waals surface area contributed by atoms with E-state index in [1.54, 1.807) is 6.08 Å². The molecular formula is C21H20O4. The topological polar surface area (TPSA) is 52.6 Å². The van der Waals surface area contributed by atoms with Crippen molar-refractivity contribution in [1.82, 2.24) is 0 Å². The molecule has 0 unspecified atom stereocenters. The molecule has 0 spiro atoms. The molecule has 4 heteroatoms. The molecule has 0 atom stereocenters. The number of para-hydroxylation sites is 1. The van der Waals surface area contributed by atoms with Crippen molar-refractivity contribution in [2.24, 2.45) is 0 Å². The van der Waals surface area contributed by atoms with E-state index in [4.69, 9.17) is 9.47 Å². The Balaban J connectivity index is 1.69. The predicted molar refractivity (Wildman–Crippen MR) is 95.9 cm³/mol. The molecule has 1 aliphatic heterocycles. The largest absolute Gasteiger partial charge is 0.488 e. The van der Waals surface area contributed by atoms with Crippen molar-refractivity contribution in [3.8, 4) is 5.75 Å². The minimum Gasteiger partial charge on any atom is -0.488 e. The first-order chi connectivity index (χ1) is 12.0. The number of Topliss-reactive ketones (excluding diaryl/α,β-unsaturated/α-hetero) is 1. The van der Waals surface area contributed by atoms with Gasteiger partial charge in [0.25, 0.3) is 0 Å². The number of carbonyl (C=O) groups is 2. The van der Waals surface area contributed by atoms with Crippen LogP contribution in [0.25, 0.3) is 6.08 Å². The fraction of sp³-hybridized carbons (Fsp3) is 0.238. The standard InChI is InChI=1S/C21H20O4/c1-13-8-14(2)20(15(3)9-13)18(22)12-25-21(23)17-10-16-6-4-5-7-19(16)24-11-17/h4-10H,11-12H2,1-3H3. The van der Waals surface area contributed by atoms with Crippen molar-refractivity contribution in [2.75, 3.05) is 13.2 Å². The zero-order valence-electron chi connectivity index (χ0n) is 14.6. The lowest BCUT2D eigenvalue weighted by molar-refractivity contribution is -0.138. The van der Waals surface area contributed by atoms with Gasteiger partial charge in [-0.05, 0) is 44.0 Å². The number of ketones is 1. The molecule has 0 amide bonds. The number of carbonyl (C=O) groups excluding carboxylic acids is 2. The molecule has 0 aromatic heterocycles. The van der Waals surface area contributed by atoms with E-state index in [0.717, 1.165) is 28.0 Å². The van der Waals surface area contributed by atoms with Gasteiger partial charge in [0.1, 0.15) is 12.4 Å². The lowest BCUT2D eigenvalue weighted by Crippen LogP contribution is -2.21. The van der Waals surface area contributed by atoms with Crippen LogP contribution in [0.3, 0.4) is 0 Å². The number of hydrogen-bond acceptors (Lipinski definition) is 4. The molecule has 0 radical (unpaired) electrons. The summed E-state index contributed by atoms with van der Waals surface area (Å²) < 4.78 is 10.8. The van der Waals surface area contributed by atoms with E-state index in [-0.39, 0.29) is 19.0 Å². The third-order valence-electron chi connectivity index (χ3n) is 4.18. The van der Waals surface area contributed by atoms with Crippen LogP contribution in [0.5, 0.6) is 5.75 Å². The number of esters is 1. The third kappa shape index (κ3) is 3.63. The van der Waals surface area contributed by atoms with Gasteiger partial charge >= 0.3 is 5.97 Å². The van der Waals surface area contributed by atoms with Crippen LogP contribution >= 0.6 is 0 Å². The van der Waals surface area contributed by atoms with Crippen molar-refractivity contribution >= 4 is 17.8 Å². The molecular weight excluding hydrogens is 316 g/mol. The lowest BCUT2D eigenvalue weighted by atomic mass is 9.97. The van der Waals surface area contributed by atoms with Gasteiger partial charge in [0, 0.05) is 11.1 Å². The Morgan fingerprint density at radius 3 is 2.48 bits per heavy atom. The summed E-state index contributed by atoms with van der Waals surface area (Å²) in [4.78, 5) is 24.7. The van der Waals surface area contributed by atoms with Crippen LogP contribution < -0.4 is 4.74 Å². The van der Waals surface area contributed by atoms with Crippen molar-refractivity contribution in [3.63, 3.8) is 0 Å². The summed E-state index contributed by atoms with van der Waals surface area (Å²) in [6, 6.07) is 11.4. The highest BCUT2D eigenvalue weighted by Gasteiger charge is 2.20. The number of fused-ring (bicyclic) bond motifs is 1. The number of hydrogen-bond donors (Lipinski definition) is 0. The second-order valence-electron chi connectivity index (χ2n) is 6.27. The van der Waals surface area contributed by atoms with Crippen molar-refractivity contribution in [3.05, 3.63) is 69.8 Å². The van der Waals surface area contributed by atoms with Gasteiger partial charge in [0.15, 0.2) is 6.61 Å². The number of aryl methyl sites for hydroxylation is 3. The molecule has 0 saturated heterocycles. The maximum absolute atomic E-state index is 12.5. The van der Waals surface area contributed by atoms with E-state index >= 15 is 0 Å². The third-order valence-corrected chi connectivity index (χ3v) is 4.18. The SMILES string of the molecule is Cc1cc(C)c(C(=O)COC(=O)C2=Cc3ccccc3OC2)c(C)c1. The van der Waals surface area contributed by atoms with Gasteiger partial charge in [0.05, 0.1) is 5.57 Å². The molecule has 0 fully saturated rings. The zero-order valence-corrected chi connectivity index (χ0v) is 14.6. The van der Waals surface area contributed by atoms with Crippen LogP contribution in [-0.4, -0.2) is 25.0 Å². The van der Waals surface area contributed by atoms with Gasteiger partial charge in [-0.2, -0.15) is 0 Å². The van der Waals surface area contributed by atoms with Crippen LogP contribution in [0.1, 0.15) is 32.6 Å². The van der Waals surface area contributed by atoms with Gasteiger partial charge in [-0.3, -0.25) is 4.79 Å². The molecule has 25 heavy (non-hydrogen) atoms. The van der Waals surface area contributed by atoms with Crippen LogP contribution in [-0.2, 0) is 9.53 Å². The fourth-order valence-electron chi connectivity index (χ4n) is 3.15. The van der Waals surface area contributed by atoms with Crippen molar-refractivity contribution in [2.45, 2.75) is 20.8 Å². The van der Waals surface area contributed by atoms with Crippen LogP contribution in [0.4, 0.5) is 0 Å². The molecule has 1 aliphatic rings. The minimum absolute atomic E-state index is 0.145. The molecule has 0 N–H and O–H groups in total. The van der Waals surface area contributed by atoms with E-state index in [1.807, 2.05) is 57.2 Å². The number of ether oxygens (including phenoxy) is 2. The Bertz CT molecular complexity index is 854. The molecule has 1 heterocycles. The van der Waals surface area contributed by atoms with Gasteiger partial charge in [-0.25, -0.2) is 4.79 Å². The molecule has 4 nitrogen and oxygen atoms in total. The minimum atomic E-state index is -0.523. The first kappa shape index (κ1) is 17.0. The van der Waals surface area contributed by atoms with Crippen LogP contribution in [0, 0.1) is 20.8 Å². The number of benzene rings is 2. The summed E-state index contributed by atoms with van der Waals surface area (Å²) in [6.07, 6.45) is 1.74. The van der Waals surface area contributed by atoms with Gasteiger partial charge in [0.2, 0.25) is 5.78 Å². The second kappa shape index (κ2) is 6.93. The average Bonchev–Trinajstić information content (AvgIpc) is 2.58. The van der Waals surface area contributed by atoms with Crippen molar-refractivity contribution < 1.29 is 19.1 Å². The predicted octanol–water partition coefficient (Wildman–Crippen LogP) is 3.81. The van der Waals surface area contributed by atoms with Gasteiger partial charge in [-0.1, -0.05) is 35.9 Å². The first-order valence-corrected chi connectivity index (χ1v) is 8.16. The Kier molecular flexibility index (Phi) is 4.70. The normalized spacial score (nSPS) is 12.7. The van der Waals surface area contributed by atoms with Crippen LogP contribution in [0.15, 0.2) is 42.0 Å². The molecule has 0 saturated carbocycles. The molecule has 3 rings (SSSR count). The Hall–Kier alpha value is -2.88. The smallest absolute Gasteiger partial charge is 0.337 e. The zero-order chi connectivity index (χ0) is 18.0. The Morgan fingerprint density at radius 2 is 1.76 bits per heavy atom. The van der Waals surface area contributed by atoms with Crippen molar-refractivity contribution in [1.29, 1.82) is 0 Å². The Morgan fingerprint density at radius 1 is 1.08 bits per heavy atom. The number of rotatable bonds is 4. The molecule has 2 aromatic rings. The van der Waals surface area contributed by atoms with E-state index in [2.05, 4.69) is 0 Å². The fourth-order valence-corrected chi connectivity index (χ4v) is 3.15. The summed E-state index contributed by atoms with van der Waals surface area (Å²) in [5, 5.41) is 0. The summed E-state index contributed by atoms with van der Waals surface area (Å²) in [5.74, 6) is 0.0207. The summed E-state index contributed by atoms with van der Waals surface area (Å²) in [7, 11) is 0. The van der Waals surface area contributed by atoms with Gasteiger partial charge in [-0.15, -0.1) is 0 Å². The van der Waals surface area contributed by atoms with E-state index in [1.165, 1.54) is 0 Å². The highest BCUT2D eigenvalue weighted by molar-refractivity contribution is 6.02. The first-order valence-electron chi connectivity index (χ1n) is 8.16. The molecule has 2 aromatic carbocycles.